The van der Waals surface area contributed by atoms with Crippen molar-refractivity contribution < 1.29 is 14.3 Å². The van der Waals surface area contributed by atoms with Crippen molar-refractivity contribution in [3.8, 4) is 5.88 Å². The molecule has 0 radical (unpaired) electrons. The summed E-state index contributed by atoms with van der Waals surface area (Å²) in [5, 5.41) is 0.372. The maximum atomic E-state index is 12.7. The summed E-state index contributed by atoms with van der Waals surface area (Å²) in [7, 11) is 0. The molecule has 7 heteroatoms. The molecule has 0 N–H and O–H groups in total. The highest BCUT2D eigenvalue weighted by Gasteiger charge is 2.26. The third-order valence-electron chi connectivity index (χ3n) is 4.55. The molecule has 1 aromatic rings. The normalized spacial score (nSPS) is 21.8. The van der Waals surface area contributed by atoms with Crippen LogP contribution in [0.3, 0.4) is 0 Å². The zero-order valence-corrected chi connectivity index (χ0v) is 15.7. The molecule has 2 fully saturated rings. The fraction of sp³-hybridized carbons (Fsp3) is 0.667. The number of hydrogen-bond acceptors (Lipinski definition) is 5. The van der Waals surface area contributed by atoms with Crippen LogP contribution in [0.2, 0.25) is 5.02 Å². The van der Waals surface area contributed by atoms with Gasteiger partial charge in [0, 0.05) is 45.5 Å². The van der Waals surface area contributed by atoms with Gasteiger partial charge in [0.25, 0.3) is 5.91 Å². The summed E-state index contributed by atoms with van der Waals surface area (Å²) < 4.78 is 11.2. The monoisotopic (exact) mass is 367 g/mol. The Morgan fingerprint density at radius 2 is 2.16 bits per heavy atom. The van der Waals surface area contributed by atoms with Crippen LogP contribution in [0.15, 0.2) is 12.3 Å². The summed E-state index contributed by atoms with van der Waals surface area (Å²) in [5.74, 6) is 0.344. The van der Waals surface area contributed by atoms with E-state index < -0.39 is 0 Å². The number of pyridine rings is 1. The highest BCUT2D eigenvalue weighted by Crippen LogP contribution is 2.24. The molecule has 1 atom stereocenters. The summed E-state index contributed by atoms with van der Waals surface area (Å²) in [6.45, 7) is 8.85. The molecule has 0 spiro atoms. The van der Waals surface area contributed by atoms with Crippen molar-refractivity contribution in [3.05, 3.63) is 22.8 Å². The van der Waals surface area contributed by atoms with Crippen LogP contribution >= 0.6 is 11.6 Å². The first-order valence-electron chi connectivity index (χ1n) is 8.98. The van der Waals surface area contributed by atoms with Crippen LogP contribution in [0.4, 0.5) is 0 Å². The smallest absolute Gasteiger partial charge is 0.255 e. The molecule has 3 heterocycles. The van der Waals surface area contributed by atoms with Gasteiger partial charge in [-0.15, -0.1) is 0 Å². The van der Waals surface area contributed by atoms with Gasteiger partial charge in [0.1, 0.15) is 5.02 Å². The van der Waals surface area contributed by atoms with Crippen LogP contribution in [0.5, 0.6) is 5.88 Å². The molecule has 2 saturated heterocycles. The molecule has 6 nitrogen and oxygen atoms in total. The Bertz CT molecular complexity index is 597. The lowest BCUT2D eigenvalue weighted by Crippen LogP contribution is -2.50. The van der Waals surface area contributed by atoms with Crippen LogP contribution in [0.25, 0.3) is 0 Å². The summed E-state index contributed by atoms with van der Waals surface area (Å²) in [6, 6.07) is 1.65. The summed E-state index contributed by atoms with van der Waals surface area (Å²) in [6.07, 6.45) is 4.20. The molecule has 0 aromatic carbocycles. The fourth-order valence-electron chi connectivity index (χ4n) is 3.24. The Kier molecular flexibility index (Phi) is 6.15. The number of halogens is 1. The first-order chi connectivity index (χ1) is 12.0. The Morgan fingerprint density at radius 1 is 1.40 bits per heavy atom. The van der Waals surface area contributed by atoms with Crippen LogP contribution in [-0.4, -0.2) is 72.2 Å². The van der Waals surface area contributed by atoms with Gasteiger partial charge >= 0.3 is 0 Å². The van der Waals surface area contributed by atoms with Gasteiger partial charge in [-0.25, -0.2) is 4.98 Å². The van der Waals surface area contributed by atoms with E-state index in [0.29, 0.717) is 35.7 Å². The summed E-state index contributed by atoms with van der Waals surface area (Å²) in [4.78, 5) is 21.1. The lowest BCUT2D eigenvalue weighted by Gasteiger charge is -2.35. The molecule has 2 aliphatic rings. The van der Waals surface area contributed by atoms with Crippen molar-refractivity contribution in [2.45, 2.75) is 38.9 Å². The van der Waals surface area contributed by atoms with Crippen molar-refractivity contribution in [1.82, 2.24) is 14.8 Å². The average Bonchev–Trinajstić information content (AvgIpc) is 3.09. The minimum absolute atomic E-state index is 0.0107. The van der Waals surface area contributed by atoms with E-state index in [1.54, 1.807) is 12.3 Å². The van der Waals surface area contributed by atoms with E-state index in [0.717, 1.165) is 39.1 Å². The first kappa shape index (κ1) is 18.4. The molecule has 138 valence electrons. The molecular formula is C18H26ClN3O3. The molecule has 25 heavy (non-hydrogen) atoms. The third kappa shape index (κ3) is 4.84. The number of ether oxygens (including phenoxy) is 2. The van der Waals surface area contributed by atoms with Crippen molar-refractivity contribution in [2.75, 3.05) is 39.3 Å². The Hall–Kier alpha value is -1.37. The van der Waals surface area contributed by atoms with Crippen molar-refractivity contribution in [3.63, 3.8) is 0 Å². The highest BCUT2D eigenvalue weighted by molar-refractivity contribution is 6.32. The SMILES string of the molecule is CC(C)Oc1ncc(C(=O)N2CCN(CC3CCCO3)CC2)cc1Cl. The number of carbonyl (C=O) groups is 1. The second-order valence-electron chi connectivity index (χ2n) is 6.91. The lowest BCUT2D eigenvalue weighted by molar-refractivity contribution is 0.0432. The predicted molar refractivity (Wildman–Crippen MR) is 96.3 cm³/mol. The van der Waals surface area contributed by atoms with Crippen LogP contribution < -0.4 is 4.74 Å². The van der Waals surface area contributed by atoms with Gasteiger partial charge in [0.15, 0.2) is 0 Å². The van der Waals surface area contributed by atoms with Gasteiger partial charge in [-0.3, -0.25) is 9.69 Å². The second kappa shape index (κ2) is 8.34. The van der Waals surface area contributed by atoms with Gasteiger partial charge in [0.05, 0.1) is 17.8 Å². The molecule has 1 amide bonds. The maximum absolute atomic E-state index is 12.7. The minimum Gasteiger partial charge on any atom is -0.474 e. The molecule has 2 aliphatic heterocycles. The quantitative estimate of drug-likeness (QED) is 0.800. The predicted octanol–water partition coefficient (Wildman–Crippen LogP) is 2.46. The number of hydrogen-bond donors (Lipinski definition) is 0. The molecule has 1 unspecified atom stereocenters. The van der Waals surface area contributed by atoms with Gasteiger partial charge in [-0.2, -0.15) is 0 Å². The van der Waals surface area contributed by atoms with Crippen LogP contribution in [-0.2, 0) is 4.74 Å². The molecule has 3 rings (SSSR count). The molecule has 0 bridgehead atoms. The average molecular weight is 368 g/mol. The van der Waals surface area contributed by atoms with Gasteiger partial charge in [-0.1, -0.05) is 11.6 Å². The fourth-order valence-corrected chi connectivity index (χ4v) is 3.46. The van der Waals surface area contributed by atoms with Crippen molar-refractivity contribution >= 4 is 17.5 Å². The number of amides is 1. The zero-order chi connectivity index (χ0) is 17.8. The number of rotatable bonds is 5. The van der Waals surface area contributed by atoms with Gasteiger partial charge in [0.2, 0.25) is 5.88 Å². The van der Waals surface area contributed by atoms with Crippen molar-refractivity contribution in [2.24, 2.45) is 0 Å². The standard InChI is InChI=1S/C18H26ClN3O3/c1-13(2)25-17-16(19)10-14(11-20-17)18(23)22-7-5-21(6-8-22)12-15-4-3-9-24-15/h10-11,13,15H,3-9,12H2,1-2H3. The van der Waals surface area contributed by atoms with E-state index in [1.807, 2.05) is 18.7 Å². The van der Waals surface area contributed by atoms with E-state index in [-0.39, 0.29) is 12.0 Å². The topological polar surface area (TPSA) is 54.9 Å². The first-order valence-corrected chi connectivity index (χ1v) is 9.36. The molecule has 1 aromatic heterocycles. The van der Waals surface area contributed by atoms with Gasteiger partial charge < -0.3 is 14.4 Å². The van der Waals surface area contributed by atoms with Crippen LogP contribution in [0, 0.1) is 0 Å². The number of carbonyl (C=O) groups excluding carboxylic acids is 1. The Labute approximate surface area is 154 Å². The molecule has 0 saturated carbocycles. The van der Waals surface area contributed by atoms with Crippen LogP contribution in [0.1, 0.15) is 37.0 Å². The van der Waals surface area contributed by atoms with E-state index in [1.165, 1.54) is 0 Å². The minimum atomic E-state index is -0.0257. The lowest BCUT2D eigenvalue weighted by atomic mass is 10.2. The number of piperazine rings is 1. The van der Waals surface area contributed by atoms with E-state index >= 15 is 0 Å². The largest absolute Gasteiger partial charge is 0.474 e. The number of aromatic nitrogens is 1. The highest BCUT2D eigenvalue weighted by atomic mass is 35.5. The molecular weight excluding hydrogens is 342 g/mol. The Balaban J connectivity index is 1.54. The maximum Gasteiger partial charge on any atom is 0.255 e. The zero-order valence-electron chi connectivity index (χ0n) is 14.9. The van der Waals surface area contributed by atoms with E-state index in [9.17, 15) is 4.79 Å². The number of nitrogens with zero attached hydrogens (tertiary/aromatic N) is 3. The second-order valence-corrected chi connectivity index (χ2v) is 7.31. The molecule has 0 aliphatic carbocycles. The van der Waals surface area contributed by atoms with E-state index in [2.05, 4.69) is 9.88 Å². The summed E-state index contributed by atoms with van der Waals surface area (Å²) >= 11 is 6.19. The van der Waals surface area contributed by atoms with E-state index in [4.69, 9.17) is 21.1 Å². The van der Waals surface area contributed by atoms with Crippen molar-refractivity contribution in [1.29, 1.82) is 0 Å². The van der Waals surface area contributed by atoms with Gasteiger partial charge in [-0.05, 0) is 32.8 Å². The summed E-state index contributed by atoms with van der Waals surface area (Å²) in [5.41, 5.74) is 0.508. The Morgan fingerprint density at radius 3 is 2.76 bits per heavy atom. The third-order valence-corrected chi connectivity index (χ3v) is 4.82.